The van der Waals surface area contributed by atoms with Gasteiger partial charge in [-0.2, -0.15) is 0 Å². The van der Waals surface area contributed by atoms with Gasteiger partial charge in [0.15, 0.2) is 0 Å². The van der Waals surface area contributed by atoms with E-state index in [2.05, 4.69) is 25.7 Å². The van der Waals surface area contributed by atoms with E-state index in [0.29, 0.717) is 12.5 Å². The summed E-state index contributed by atoms with van der Waals surface area (Å²) in [6.07, 6.45) is 3.11. The normalized spacial score (nSPS) is 26.3. The van der Waals surface area contributed by atoms with Crippen molar-refractivity contribution in [3.63, 3.8) is 0 Å². The Balaban J connectivity index is 2.55. The Morgan fingerprint density at radius 2 is 2.25 bits per heavy atom. The molecular formula is C13H25NO2. The Labute approximate surface area is 99.1 Å². The zero-order chi connectivity index (χ0) is 12.0. The van der Waals surface area contributed by atoms with E-state index >= 15 is 0 Å². The maximum Gasteiger partial charge on any atom is 0.129 e. The Morgan fingerprint density at radius 1 is 1.50 bits per heavy atom. The first kappa shape index (κ1) is 13.7. The van der Waals surface area contributed by atoms with Crippen molar-refractivity contribution in [2.45, 2.75) is 33.6 Å². The summed E-state index contributed by atoms with van der Waals surface area (Å²) in [6.45, 7) is 10.9. The van der Waals surface area contributed by atoms with Crippen molar-refractivity contribution < 1.29 is 9.53 Å². The summed E-state index contributed by atoms with van der Waals surface area (Å²) in [7, 11) is 0. The maximum atomic E-state index is 11.3. The van der Waals surface area contributed by atoms with E-state index in [1.54, 1.807) is 0 Å². The topological polar surface area (TPSA) is 29.5 Å². The van der Waals surface area contributed by atoms with Gasteiger partial charge in [0.2, 0.25) is 0 Å². The van der Waals surface area contributed by atoms with Crippen LogP contribution in [0.4, 0.5) is 0 Å². The summed E-state index contributed by atoms with van der Waals surface area (Å²) in [5.41, 5.74) is -0.247. The van der Waals surface area contributed by atoms with Gasteiger partial charge in [0.1, 0.15) is 6.29 Å². The monoisotopic (exact) mass is 227 g/mol. The third-order valence-electron chi connectivity index (χ3n) is 3.21. The largest absolute Gasteiger partial charge is 0.380 e. The number of carbonyl (C=O) groups excluding carboxylic acids is 1. The highest BCUT2D eigenvalue weighted by Gasteiger charge is 2.34. The number of carbonyl (C=O) groups is 1. The van der Waals surface area contributed by atoms with E-state index in [4.69, 9.17) is 4.74 Å². The molecule has 0 saturated carbocycles. The van der Waals surface area contributed by atoms with Crippen molar-refractivity contribution in [3.8, 4) is 0 Å². The molecule has 1 atom stereocenters. The standard InChI is InChI=1S/C13H25NO2/c1-4-14(8-12(2)3)9-13(10-15)6-5-7-16-11-13/h10,12H,4-9,11H2,1-3H3. The predicted octanol–water partition coefficient (Wildman–Crippen LogP) is 1.96. The lowest BCUT2D eigenvalue weighted by molar-refractivity contribution is -0.125. The fourth-order valence-corrected chi connectivity index (χ4v) is 2.40. The van der Waals surface area contributed by atoms with E-state index in [1.165, 1.54) is 0 Å². The first-order valence-corrected chi connectivity index (χ1v) is 6.38. The molecule has 0 bridgehead atoms. The fraction of sp³-hybridized carbons (Fsp3) is 0.923. The van der Waals surface area contributed by atoms with Gasteiger partial charge in [0.25, 0.3) is 0 Å². The van der Waals surface area contributed by atoms with Crippen molar-refractivity contribution in [2.24, 2.45) is 11.3 Å². The molecule has 1 unspecified atom stereocenters. The molecule has 0 radical (unpaired) electrons. The van der Waals surface area contributed by atoms with Gasteiger partial charge in [0.05, 0.1) is 12.0 Å². The third-order valence-corrected chi connectivity index (χ3v) is 3.21. The summed E-state index contributed by atoms with van der Waals surface area (Å²) in [4.78, 5) is 13.7. The summed E-state index contributed by atoms with van der Waals surface area (Å²) in [5, 5.41) is 0. The summed E-state index contributed by atoms with van der Waals surface area (Å²) in [6, 6.07) is 0. The van der Waals surface area contributed by atoms with E-state index in [9.17, 15) is 4.79 Å². The molecule has 3 nitrogen and oxygen atoms in total. The van der Waals surface area contributed by atoms with Crippen LogP contribution in [0.3, 0.4) is 0 Å². The van der Waals surface area contributed by atoms with Crippen LogP contribution in [0.5, 0.6) is 0 Å². The molecule has 16 heavy (non-hydrogen) atoms. The molecule has 0 aromatic heterocycles. The van der Waals surface area contributed by atoms with Gasteiger partial charge >= 0.3 is 0 Å². The van der Waals surface area contributed by atoms with Gasteiger partial charge < -0.3 is 14.4 Å². The highest BCUT2D eigenvalue weighted by Crippen LogP contribution is 2.27. The molecule has 0 aliphatic carbocycles. The van der Waals surface area contributed by atoms with E-state index < -0.39 is 0 Å². The molecule has 0 spiro atoms. The van der Waals surface area contributed by atoms with Crippen LogP contribution < -0.4 is 0 Å². The van der Waals surface area contributed by atoms with Crippen molar-refractivity contribution in [1.82, 2.24) is 4.90 Å². The van der Waals surface area contributed by atoms with Crippen molar-refractivity contribution in [2.75, 3.05) is 32.8 Å². The highest BCUT2D eigenvalue weighted by molar-refractivity contribution is 5.60. The molecule has 1 heterocycles. The lowest BCUT2D eigenvalue weighted by Crippen LogP contribution is -2.45. The second-order valence-electron chi connectivity index (χ2n) is 5.36. The molecule has 1 aliphatic heterocycles. The van der Waals surface area contributed by atoms with Crippen molar-refractivity contribution in [1.29, 1.82) is 0 Å². The SMILES string of the molecule is CCN(CC(C)C)CC1(C=O)CCCOC1. The molecule has 0 N–H and O–H groups in total. The van der Waals surface area contributed by atoms with E-state index in [-0.39, 0.29) is 5.41 Å². The van der Waals surface area contributed by atoms with E-state index in [1.807, 2.05) is 0 Å². The van der Waals surface area contributed by atoms with Crippen LogP contribution in [0.1, 0.15) is 33.6 Å². The minimum atomic E-state index is -0.247. The molecule has 1 aliphatic rings. The molecule has 1 saturated heterocycles. The lowest BCUT2D eigenvalue weighted by atomic mass is 9.83. The number of ether oxygens (including phenoxy) is 1. The fourth-order valence-electron chi connectivity index (χ4n) is 2.40. The van der Waals surface area contributed by atoms with Crippen LogP contribution in [0.25, 0.3) is 0 Å². The highest BCUT2D eigenvalue weighted by atomic mass is 16.5. The van der Waals surface area contributed by atoms with Crippen LogP contribution >= 0.6 is 0 Å². The Hall–Kier alpha value is -0.410. The molecule has 3 heteroatoms. The Kier molecular flexibility index (Phi) is 5.42. The number of aldehydes is 1. The number of nitrogens with zero attached hydrogens (tertiary/aromatic N) is 1. The van der Waals surface area contributed by atoms with Crippen molar-refractivity contribution in [3.05, 3.63) is 0 Å². The number of hydrogen-bond acceptors (Lipinski definition) is 3. The summed E-state index contributed by atoms with van der Waals surface area (Å²) in [5.74, 6) is 0.646. The van der Waals surface area contributed by atoms with Crippen LogP contribution in [-0.4, -0.2) is 44.0 Å². The Bertz CT molecular complexity index is 210. The molecule has 1 rings (SSSR count). The van der Waals surface area contributed by atoms with Gasteiger partial charge in [-0.15, -0.1) is 0 Å². The van der Waals surface area contributed by atoms with Gasteiger partial charge in [-0.25, -0.2) is 0 Å². The molecule has 94 valence electrons. The quantitative estimate of drug-likeness (QED) is 0.650. The predicted molar refractivity (Wildman–Crippen MR) is 65.5 cm³/mol. The molecule has 1 fully saturated rings. The summed E-state index contributed by atoms with van der Waals surface area (Å²) < 4.78 is 5.47. The van der Waals surface area contributed by atoms with Crippen LogP contribution in [-0.2, 0) is 9.53 Å². The van der Waals surface area contributed by atoms with Crippen LogP contribution in [0, 0.1) is 11.3 Å². The van der Waals surface area contributed by atoms with Crippen LogP contribution in [0.15, 0.2) is 0 Å². The first-order valence-electron chi connectivity index (χ1n) is 6.38. The molecule has 0 aromatic carbocycles. The third kappa shape index (κ3) is 3.87. The minimum absolute atomic E-state index is 0.247. The number of hydrogen-bond donors (Lipinski definition) is 0. The number of rotatable bonds is 6. The molecule has 0 amide bonds. The molecular weight excluding hydrogens is 202 g/mol. The summed E-state index contributed by atoms with van der Waals surface area (Å²) >= 11 is 0. The van der Waals surface area contributed by atoms with E-state index in [0.717, 1.165) is 45.4 Å². The Morgan fingerprint density at radius 3 is 2.69 bits per heavy atom. The average Bonchev–Trinajstić information content (AvgIpc) is 2.29. The maximum absolute atomic E-state index is 11.3. The lowest BCUT2D eigenvalue weighted by Gasteiger charge is -2.37. The van der Waals surface area contributed by atoms with Crippen molar-refractivity contribution >= 4 is 6.29 Å². The average molecular weight is 227 g/mol. The van der Waals surface area contributed by atoms with Crippen LogP contribution in [0.2, 0.25) is 0 Å². The van der Waals surface area contributed by atoms with Gasteiger partial charge in [-0.1, -0.05) is 20.8 Å². The van der Waals surface area contributed by atoms with Gasteiger partial charge in [0, 0.05) is 19.7 Å². The first-order chi connectivity index (χ1) is 7.62. The zero-order valence-corrected chi connectivity index (χ0v) is 10.9. The second kappa shape index (κ2) is 6.36. The second-order valence-corrected chi connectivity index (χ2v) is 5.36. The van der Waals surface area contributed by atoms with Gasteiger partial charge in [-0.3, -0.25) is 0 Å². The molecule has 0 aromatic rings. The smallest absolute Gasteiger partial charge is 0.129 e. The minimum Gasteiger partial charge on any atom is -0.380 e. The zero-order valence-electron chi connectivity index (χ0n) is 10.9. The van der Waals surface area contributed by atoms with Gasteiger partial charge in [-0.05, 0) is 25.3 Å².